The Morgan fingerprint density at radius 3 is 2.63 bits per heavy atom. The van der Waals surface area contributed by atoms with Crippen LogP contribution in [0.25, 0.3) is 10.9 Å². The molecule has 1 N–H and O–H groups in total. The van der Waals surface area contributed by atoms with Crippen molar-refractivity contribution in [1.82, 2.24) is 19.7 Å². The van der Waals surface area contributed by atoms with Gasteiger partial charge in [0.1, 0.15) is 0 Å². The van der Waals surface area contributed by atoms with Crippen LogP contribution in [-0.4, -0.2) is 57.9 Å². The van der Waals surface area contributed by atoms with E-state index in [1.165, 1.54) is 0 Å². The predicted molar refractivity (Wildman–Crippen MR) is 107 cm³/mol. The summed E-state index contributed by atoms with van der Waals surface area (Å²) in [5, 5.41) is 12.9. The van der Waals surface area contributed by atoms with Gasteiger partial charge in [-0.3, -0.25) is 4.57 Å². The van der Waals surface area contributed by atoms with Crippen molar-refractivity contribution < 1.29 is 4.79 Å². The first kappa shape index (κ1) is 17.3. The van der Waals surface area contributed by atoms with E-state index in [4.69, 9.17) is 0 Å². The SMILES string of the molecule is CC(C)Nc1ccnnc1N1CCN(C(=O)n2ccc3ccccc32)CC1. The van der Waals surface area contributed by atoms with Crippen molar-refractivity contribution in [3.63, 3.8) is 0 Å². The van der Waals surface area contributed by atoms with Crippen LogP contribution in [-0.2, 0) is 0 Å². The summed E-state index contributed by atoms with van der Waals surface area (Å²) in [6.45, 7) is 6.98. The second-order valence-corrected chi connectivity index (χ2v) is 7.07. The van der Waals surface area contributed by atoms with Crippen LogP contribution in [0, 0.1) is 0 Å². The summed E-state index contributed by atoms with van der Waals surface area (Å²) in [7, 11) is 0. The summed E-state index contributed by atoms with van der Waals surface area (Å²) in [6.07, 6.45) is 3.55. The summed E-state index contributed by atoms with van der Waals surface area (Å²) >= 11 is 0. The quantitative estimate of drug-likeness (QED) is 0.774. The molecule has 1 aliphatic heterocycles. The van der Waals surface area contributed by atoms with Gasteiger partial charge in [0.05, 0.1) is 17.4 Å². The smallest absolute Gasteiger partial charge is 0.328 e. The number of nitrogens with one attached hydrogen (secondary N) is 1. The van der Waals surface area contributed by atoms with Crippen molar-refractivity contribution in [1.29, 1.82) is 0 Å². The van der Waals surface area contributed by atoms with E-state index >= 15 is 0 Å². The summed E-state index contributed by atoms with van der Waals surface area (Å²) in [6, 6.07) is 12.2. The molecule has 0 unspecified atom stereocenters. The molecule has 0 bridgehead atoms. The summed E-state index contributed by atoms with van der Waals surface area (Å²) in [5.74, 6) is 0.852. The fourth-order valence-electron chi connectivity index (χ4n) is 3.49. The number of fused-ring (bicyclic) bond motifs is 1. The van der Waals surface area contributed by atoms with Gasteiger partial charge in [-0.05, 0) is 32.0 Å². The van der Waals surface area contributed by atoms with Crippen LogP contribution < -0.4 is 10.2 Å². The molecule has 4 rings (SSSR count). The third-order valence-electron chi connectivity index (χ3n) is 4.80. The van der Waals surface area contributed by atoms with Gasteiger partial charge in [0.25, 0.3) is 0 Å². The minimum Gasteiger partial charge on any atom is -0.380 e. The lowest BCUT2D eigenvalue weighted by molar-refractivity contribution is 0.197. The number of aromatic nitrogens is 3. The summed E-state index contributed by atoms with van der Waals surface area (Å²) in [4.78, 5) is 17.0. The number of para-hydroxylation sites is 1. The Balaban J connectivity index is 1.47. The van der Waals surface area contributed by atoms with E-state index in [0.29, 0.717) is 19.1 Å². The van der Waals surface area contributed by atoms with Crippen molar-refractivity contribution in [3.8, 4) is 0 Å². The first-order chi connectivity index (χ1) is 13.1. The van der Waals surface area contributed by atoms with Crippen LogP contribution in [0.1, 0.15) is 13.8 Å². The predicted octanol–water partition coefficient (Wildman–Crippen LogP) is 3.04. The largest absolute Gasteiger partial charge is 0.380 e. The zero-order chi connectivity index (χ0) is 18.8. The molecule has 1 amide bonds. The van der Waals surface area contributed by atoms with Crippen molar-refractivity contribution in [2.45, 2.75) is 19.9 Å². The van der Waals surface area contributed by atoms with Crippen LogP contribution in [0.4, 0.5) is 16.3 Å². The molecule has 0 spiro atoms. The Morgan fingerprint density at radius 2 is 1.85 bits per heavy atom. The van der Waals surface area contributed by atoms with E-state index in [2.05, 4.69) is 34.3 Å². The normalized spacial score (nSPS) is 14.8. The number of piperazine rings is 1. The molecule has 7 heteroatoms. The van der Waals surface area contributed by atoms with Gasteiger partial charge in [0.2, 0.25) is 0 Å². The Kier molecular flexibility index (Phi) is 4.66. The van der Waals surface area contributed by atoms with Gasteiger partial charge in [0.15, 0.2) is 5.82 Å². The molecule has 1 aromatic carbocycles. The average Bonchev–Trinajstić information content (AvgIpc) is 3.12. The molecular formula is C20H24N6O. The molecule has 0 radical (unpaired) electrons. The molecule has 1 saturated heterocycles. The zero-order valence-corrected chi connectivity index (χ0v) is 15.7. The second-order valence-electron chi connectivity index (χ2n) is 7.07. The number of nitrogens with zero attached hydrogens (tertiary/aromatic N) is 5. The number of hydrogen-bond donors (Lipinski definition) is 1. The number of anilines is 2. The average molecular weight is 364 g/mol. The van der Waals surface area contributed by atoms with Crippen LogP contribution >= 0.6 is 0 Å². The van der Waals surface area contributed by atoms with Crippen molar-refractivity contribution in [3.05, 3.63) is 48.8 Å². The van der Waals surface area contributed by atoms with Crippen molar-refractivity contribution in [2.75, 3.05) is 36.4 Å². The Hall–Kier alpha value is -3.09. The highest BCUT2D eigenvalue weighted by atomic mass is 16.2. The van der Waals surface area contributed by atoms with E-state index in [0.717, 1.165) is 35.5 Å². The second kappa shape index (κ2) is 7.26. The van der Waals surface area contributed by atoms with E-state index < -0.39 is 0 Å². The lowest BCUT2D eigenvalue weighted by Crippen LogP contribution is -2.50. The molecule has 140 valence electrons. The van der Waals surface area contributed by atoms with Crippen molar-refractivity contribution >= 4 is 28.4 Å². The van der Waals surface area contributed by atoms with Crippen LogP contribution in [0.5, 0.6) is 0 Å². The minimum absolute atomic E-state index is 0.0236. The lowest BCUT2D eigenvalue weighted by atomic mass is 10.2. The summed E-state index contributed by atoms with van der Waals surface area (Å²) < 4.78 is 1.74. The zero-order valence-electron chi connectivity index (χ0n) is 15.7. The highest BCUT2D eigenvalue weighted by molar-refractivity contribution is 5.91. The minimum atomic E-state index is 0.0236. The highest BCUT2D eigenvalue weighted by Crippen LogP contribution is 2.24. The van der Waals surface area contributed by atoms with Gasteiger partial charge in [-0.15, -0.1) is 5.10 Å². The van der Waals surface area contributed by atoms with Gasteiger partial charge >= 0.3 is 6.03 Å². The van der Waals surface area contributed by atoms with E-state index in [1.54, 1.807) is 10.8 Å². The number of carbonyl (C=O) groups excluding carboxylic acids is 1. The first-order valence-electron chi connectivity index (χ1n) is 9.32. The lowest BCUT2D eigenvalue weighted by Gasteiger charge is -2.36. The van der Waals surface area contributed by atoms with E-state index in [1.807, 2.05) is 47.5 Å². The molecule has 3 heterocycles. The molecule has 1 aliphatic rings. The molecule has 3 aromatic rings. The van der Waals surface area contributed by atoms with Gasteiger partial charge in [0, 0.05) is 43.8 Å². The number of rotatable bonds is 3. The van der Waals surface area contributed by atoms with E-state index in [9.17, 15) is 4.79 Å². The molecule has 0 aliphatic carbocycles. The molecular weight excluding hydrogens is 340 g/mol. The number of benzene rings is 1. The van der Waals surface area contributed by atoms with Crippen LogP contribution in [0.3, 0.4) is 0 Å². The van der Waals surface area contributed by atoms with Gasteiger partial charge in [-0.25, -0.2) is 4.79 Å². The maximum atomic E-state index is 13.0. The number of carbonyl (C=O) groups is 1. The monoisotopic (exact) mass is 364 g/mol. The fourth-order valence-corrected chi connectivity index (χ4v) is 3.49. The van der Waals surface area contributed by atoms with Crippen molar-refractivity contribution in [2.24, 2.45) is 0 Å². The summed E-state index contributed by atoms with van der Waals surface area (Å²) in [5.41, 5.74) is 1.93. The standard InChI is InChI=1S/C20H24N6O/c1-15(2)22-17-7-9-21-23-19(17)24-11-13-25(14-12-24)20(27)26-10-8-16-5-3-4-6-18(16)26/h3-10,15H,11-14H2,1-2H3,(H,21,22). The van der Waals surface area contributed by atoms with Crippen LogP contribution in [0.2, 0.25) is 0 Å². The first-order valence-corrected chi connectivity index (χ1v) is 9.32. The molecule has 27 heavy (non-hydrogen) atoms. The van der Waals surface area contributed by atoms with Gasteiger partial charge in [-0.2, -0.15) is 5.10 Å². The Morgan fingerprint density at radius 1 is 1.07 bits per heavy atom. The molecule has 7 nitrogen and oxygen atoms in total. The molecule has 0 saturated carbocycles. The maximum absolute atomic E-state index is 13.0. The Bertz CT molecular complexity index is 942. The number of amides is 1. The highest BCUT2D eigenvalue weighted by Gasteiger charge is 2.25. The Labute approximate surface area is 158 Å². The molecule has 1 fully saturated rings. The van der Waals surface area contributed by atoms with Crippen LogP contribution in [0.15, 0.2) is 48.8 Å². The fraction of sp³-hybridized carbons (Fsp3) is 0.350. The molecule has 0 atom stereocenters. The molecule has 2 aromatic heterocycles. The van der Waals surface area contributed by atoms with Gasteiger partial charge in [-0.1, -0.05) is 18.2 Å². The van der Waals surface area contributed by atoms with Gasteiger partial charge < -0.3 is 15.1 Å². The third kappa shape index (κ3) is 3.45. The van der Waals surface area contributed by atoms with E-state index in [-0.39, 0.29) is 6.03 Å². The maximum Gasteiger partial charge on any atom is 0.328 e. The topological polar surface area (TPSA) is 66.3 Å². The number of hydrogen-bond acceptors (Lipinski definition) is 5. The third-order valence-corrected chi connectivity index (χ3v) is 4.80.